The molecule has 2 aromatic rings. The molecule has 2 atom stereocenters. The average Bonchev–Trinajstić information content (AvgIpc) is 2.70. The Hall–Kier alpha value is -2.40. The van der Waals surface area contributed by atoms with Gasteiger partial charge in [0.1, 0.15) is 0 Å². The molecule has 2 rings (SSSR count). The highest BCUT2D eigenvalue weighted by Gasteiger charge is 2.24. The van der Waals surface area contributed by atoms with Gasteiger partial charge in [-0.3, -0.25) is 9.59 Å². The third-order valence-electron chi connectivity index (χ3n) is 4.34. The number of rotatable bonds is 9. The first kappa shape index (κ1) is 19.9. The minimum atomic E-state index is -0.592. The number of hydrogen-bond donors (Lipinski definition) is 2. The van der Waals surface area contributed by atoms with Gasteiger partial charge in [0, 0.05) is 21.9 Å². The molecular formula is C21H23NO3S. The first-order valence-corrected chi connectivity index (χ1v) is 9.18. The summed E-state index contributed by atoms with van der Waals surface area (Å²) in [5.74, 6) is -1.01. The molecule has 136 valence electrons. The summed E-state index contributed by atoms with van der Waals surface area (Å²) in [4.78, 5) is 25.8. The molecule has 0 saturated heterocycles. The lowest BCUT2D eigenvalue weighted by molar-refractivity contribution is 0.0938. The second kappa shape index (κ2) is 9.92. The lowest BCUT2D eigenvalue weighted by Gasteiger charge is -2.15. The lowest BCUT2D eigenvalue weighted by atomic mass is 9.88. The van der Waals surface area contributed by atoms with Gasteiger partial charge < -0.3 is 5.21 Å². The van der Waals surface area contributed by atoms with Crippen LogP contribution in [0.5, 0.6) is 0 Å². The van der Waals surface area contributed by atoms with E-state index in [1.54, 1.807) is 48.5 Å². The normalized spacial score (nSPS) is 13.5. The summed E-state index contributed by atoms with van der Waals surface area (Å²) in [6.45, 7) is 2.03. The van der Waals surface area contributed by atoms with Gasteiger partial charge in [0.15, 0.2) is 11.6 Å². The molecule has 0 aliphatic carbocycles. The van der Waals surface area contributed by atoms with E-state index < -0.39 is 5.92 Å². The van der Waals surface area contributed by atoms with Crippen LogP contribution < -0.4 is 0 Å². The number of Topliss-reactive ketones (excluding diaryl/α,β-unsaturated/α-hetero) is 1. The monoisotopic (exact) mass is 369 g/mol. The summed E-state index contributed by atoms with van der Waals surface area (Å²) >= 11 is 4.46. The summed E-state index contributed by atoms with van der Waals surface area (Å²) in [7, 11) is 0. The van der Waals surface area contributed by atoms with E-state index in [0.717, 1.165) is 12.8 Å². The van der Waals surface area contributed by atoms with Crippen LogP contribution in [0.25, 0.3) is 0 Å². The average molecular weight is 369 g/mol. The predicted octanol–water partition coefficient (Wildman–Crippen LogP) is 4.67. The number of benzene rings is 2. The molecular weight excluding hydrogens is 346 g/mol. The molecule has 0 aromatic heterocycles. The van der Waals surface area contributed by atoms with Crippen molar-refractivity contribution in [1.82, 2.24) is 0 Å². The van der Waals surface area contributed by atoms with Crippen molar-refractivity contribution in [3.05, 3.63) is 71.3 Å². The van der Waals surface area contributed by atoms with Crippen molar-refractivity contribution in [2.75, 3.05) is 0 Å². The van der Waals surface area contributed by atoms with Crippen LogP contribution in [-0.4, -0.2) is 28.2 Å². The summed E-state index contributed by atoms with van der Waals surface area (Å²) in [6, 6.07) is 15.6. The van der Waals surface area contributed by atoms with E-state index in [1.165, 1.54) is 6.21 Å². The van der Waals surface area contributed by atoms with E-state index in [1.807, 2.05) is 13.0 Å². The van der Waals surface area contributed by atoms with E-state index in [0.29, 0.717) is 23.1 Å². The van der Waals surface area contributed by atoms with Crippen LogP contribution in [0.2, 0.25) is 0 Å². The zero-order valence-corrected chi connectivity index (χ0v) is 15.6. The fourth-order valence-corrected chi connectivity index (χ4v) is 2.92. The molecule has 0 aliphatic rings. The Kier molecular flexibility index (Phi) is 7.60. The van der Waals surface area contributed by atoms with Gasteiger partial charge in [-0.2, -0.15) is 12.6 Å². The third kappa shape index (κ3) is 5.05. The van der Waals surface area contributed by atoms with Gasteiger partial charge in [-0.1, -0.05) is 61.5 Å². The maximum absolute atomic E-state index is 13.0. The van der Waals surface area contributed by atoms with E-state index in [2.05, 4.69) is 17.8 Å². The Morgan fingerprint density at radius 2 is 1.65 bits per heavy atom. The van der Waals surface area contributed by atoms with E-state index in [4.69, 9.17) is 5.21 Å². The van der Waals surface area contributed by atoms with Crippen LogP contribution in [0, 0.1) is 5.92 Å². The number of hydrogen-bond acceptors (Lipinski definition) is 5. The predicted molar refractivity (Wildman–Crippen MR) is 107 cm³/mol. The Morgan fingerprint density at radius 3 is 2.27 bits per heavy atom. The van der Waals surface area contributed by atoms with Crippen molar-refractivity contribution in [2.24, 2.45) is 11.1 Å². The molecule has 5 heteroatoms. The Bertz CT molecular complexity index is 774. The van der Waals surface area contributed by atoms with Crippen LogP contribution in [0.4, 0.5) is 0 Å². The third-order valence-corrected chi connectivity index (χ3v) is 4.96. The van der Waals surface area contributed by atoms with E-state index >= 15 is 0 Å². The first-order valence-electron chi connectivity index (χ1n) is 8.67. The molecule has 0 aliphatic heterocycles. The topological polar surface area (TPSA) is 66.7 Å². The van der Waals surface area contributed by atoms with Crippen LogP contribution in [0.15, 0.2) is 59.8 Å². The standard InChI is InChI=1S/C21H23NO3S/c1-2-17(26)13-12-16(14-22-25)21(24)19-11-7-6-10-18(19)20(23)15-8-4-3-5-9-15/h3-11,14,16-17,25-26H,2,12-13H2,1H3. The van der Waals surface area contributed by atoms with Crippen molar-refractivity contribution in [3.63, 3.8) is 0 Å². The Labute approximate surface area is 159 Å². The molecule has 26 heavy (non-hydrogen) atoms. The van der Waals surface area contributed by atoms with Crippen molar-refractivity contribution in [3.8, 4) is 0 Å². The molecule has 4 nitrogen and oxygen atoms in total. The molecule has 0 amide bonds. The zero-order chi connectivity index (χ0) is 18.9. The van der Waals surface area contributed by atoms with Crippen LogP contribution in [0.1, 0.15) is 52.5 Å². The van der Waals surface area contributed by atoms with Gasteiger partial charge in [0.25, 0.3) is 0 Å². The molecule has 0 bridgehead atoms. The number of carbonyl (C=O) groups is 2. The number of carbonyl (C=O) groups excluding carboxylic acids is 2. The van der Waals surface area contributed by atoms with Gasteiger partial charge in [-0.25, -0.2) is 0 Å². The number of ketones is 2. The molecule has 2 aromatic carbocycles. The van der Waals surface area contributed by atoms with E-state index in [9.17, 15) is 9.59 Å². The molecule has 0 spiro atoms. The first-order chi connectivity index (χ1) is 12.6. The zero-order valence-electron chi connectivity index (χ0n) is 14.7. The molecule has 0 saturated carbocycles. The van der Waals surface area contributed by atoms with Crippen LogP contribution >= 0.6 is 12.6 Å². The van der Waals surface area contributed by atoms with Gasteiger partial charge in [0.05, 0.1) is 12.1 Å². The quantitative estimate of drug-likeness (QED) is 0.222. The SMILES string of the molecule is CCC(S)CCC(C=NO)C(=O)c1ccccc1C(=O)c1ccccc1. The fourth-order valence-electron chi connectivity index (χ4n) is 2.77. The Balaban J connectivity index is 2.31. The summed E-state index contributed by atoms with van der Waals surface area (Å²) in [5.41, 5.74) is 1.23. The minimum absolute atomic E-state index is 0.179. The highest BCUT2D eigenvalue weighted by Crippen LogP contribution is 2.22. The van der Waals surface area contributed by atoms with Crippen molar-refractivity contribution < 1.29 is 14.8 Å². The summed E-state index contributed by atoms with van der Waals surface area (Å²) in [5, 5.41) is 12.2. The number of oxime groups is 1. The molecule has 0 heterocycles. The lowest BCUT2D eigenvalue weighted by Crippen LogP contribution is -2.21. The molecule has 2 unspecified atom stereocenters. The van der Waals surface area contributed by atoms with Crippen molar-refractivity contribution in [2.45, 2.75) is 31.4 Å². The second-order valence-electron chi connectivity index (χ2n) is 6.12. The summed E-state index contributed by atoms with van der Waals surface area (Å²) < 4.78 is 0. The fraction of sp³-hybridized carbons (Fsp3) is 0.286. The van der Waals surface area contributed by atoms with Crippen LogP contribution in [0.3, 0.4) is 0 Å². The smallest absolute Gasteiger partial charge is 0.193 e. The maximum atomic E-state index is 13.0. The van der Waals surface area contributed by atoms with Gasteiger partial charge in [-0.05, 0) is 19.3 Å². The number of nitrogens with zero attached hydrogens (tertiary/aromatic N) is 1. The van der Waals surface area contributed by atoms with Crippen molar-refractivity contribution in [1.29, 1.82) is 0 Å². The van der Waals surface area contributed by atoms with E-state index in [-0.39, 0.29) is 16.8 Å². The number of thiol groups is 1. The highest BCUT2D eigenvalue weighted by atomic mass is 32.1. The minimum Gasteiger partial charge on any atom is -0.411 e. The summed E-state index contributed by atoms with van der Waals surface area (Å²) in [6.07, 6.45) is 3.36. The Morgan fingerprint density at radius 1 is 1.04 bits per heavy atom. The highest BCUT2D eigenvalue weighted by molar-refractivity contribution is 7.80. The van der Waals surface area contributed by atoms with Gasteiger partial charge in [0.2, 0.25) is 0 Å². The molecule has 0 fully saturated rings. The van der Waals surface area contributed by atoms with Gasteiger partial charge in [-0.15, -0.1) is 5.16 Å². The maximum Gasteiger partial charge on any atom is 0.193 e. The molecule has 1 N–H and O–H groups in total. The second-order valence-corrected chi connectivity index (χ2v) is 6.85. The van der Waals surface area contributed by atoms with Crippen molar-refractivity contribution >= 4 is 30.4 Å². The van der Waals surface area contributed by atoms with Gasteiger partial charge >= 0.3 is 0 Å². The van der Waals surface area contributed by atoms with Crippen LogP contribution in [-0.2, 0) is 0 Å². The molecule has 0 radical (unpaired) electrons. The largest absolute Gasteiger partial charge is 0.411 e.